The first kappa shape index (κ1) is 79.8. The maximum Gasteiger partial charge on any atom is 0.0159 e. The van der Waals surface area contributed by atoms with Crippen molar-refractivity contribution in [3.05, 3.63) is 444 Å². The molecule has 7 aliphatic carbocycles. The second-order valence-electron chi connectivity index (χ2n) is 41.2. The highest BCUT2D eigenvalue weighted by Gasteiger charge is 2.53. The zero-order valence-electron chi connectivity index (χ0n) is 76.9. The molecule has 21 aromatic rings. The Kier molecular flexibility index (Phi) is 18.4. The van der Waals surface area contributed by atoms with Gasteiger partial charge in [-0.25, -0.2) is 0 Å². The van der Waals surface area contributed by atoms with Crippen molar-refractivity contribution in [2.24, 2.45) is 17.8 Å². The summed E-state index contributed by atoms with van der Waals surface area (Å²) in [5, 5.41) is 21.3. The van der Waals surface area contributed by atoms with Crippen LogP contribution in [0.5, 0.6) is 0 Å². The molecule has 28 rings (SSSR count). The van der Waals surface area contributed by atoms with Crippen LogP contribution >= 0.6 is 0 Å². The van der Waals surface area contributed by atoms with Crippen LogP contribution in [0.1, 0.15) is 136 Å². The van der Waals surface area contributed by atoms with Crippen LogP contribution < -0.4 is 0 Å². The predicted octanol–water partition coefficient (Wildman–Crippen LogP) is 36.3. The summed E-state index contributed by atoms with van der Waals surface area (Å²) in [6, 6.07) is 146. The van der Waals surface area contributed by atoms with Gasteiger partial charge in [0.25, 0.3) is 0 Å². The Morgan fingerprint density at radius 1 is 0.182 bits per heavy atom. The molecule has 0 heterocycles. The van der Waals surface area contributed by atoms with Crippen LogP contribution in [0.2, 0.25) is 0 Å². The molecule has 0 spiro atoms. The third-order valence-electron chi connectivity index (χ3n) is 32.3. The molecule has 0 heteroatoms. The zero-order valence-corrected chi connectivity index (χ0v) is 76.9. The summed E-state index contributed by atoms with van der Waals surface area (Å²) in [7, 11) is 0. The highest BCUT2D eigenvalue weighted by atomic mass is 14.6. The van der Waals surface area contributed by atoms with Crippen molar-refractivity contribution >= 4 is 86.2 Å². The van der Waals surface area contributed by atoms with E-state index in [9.17, 15) is 0 Å². The number of hydrogen-bond acceptors (Lipinski definition) is 0. The van der Waals surface area contributed by atoms with Gasteiger partial charge in [0.2, 0.25) is 0 Å². The maximum absolute atomic E-state index is 2.53. The first-order valence-electron chi connectivity index (χ1n) is 48.2. The van der Waals surface area contributed by atoms with Crippen molar-refractivity contribution in [3.8, 4) is 111 Å². The van der Waals surface area contributed by atoms with Gasteiger partial charge in [-0.3, -0.25) is 0 Å². The molecule has 4 bridgehead atoms. The zero-order chi connectivity index (χ0) is 88.8. The Morgan fingerprint density at radius 3 is 0.932 bits per heavy atom. The summed E-state index contributed by atoms with van der Waals surface area (Å²) < 4.78 is 0. The molecule has 634 valence electrons. The molecule has 0 amide bonds. The van der Waals surface area contributed by atoms with Gasteiger partial charge in [0.05, 0.1) is 0 Å². The van der Waals surface area contributed by atoms with E-state index in [2.05, 4.69) is 451 Å². The fourth-order valence-corrected chi connectivity index (χ4v) is 26.7. The molecule has 0 unspecified atom stereocenters. The molecule has 0 nitrogen and oxygen atoms in total. The number of aryl methyl sites for hydroxylation is 3. The fourth-order valence-electron chi connectivity index (χ4n) is 26.7. The molecule has 0 atom stereocenters. The van der Waals surface area contributed by atoms with Crippen molar-refractivity contribution in [2.45, 2.75) is 122 Å². The molecule has 4 fully saturated rings. The lowest BCUT2D eigenvalue weighted by Crippen LogP contribution is -2.48. The minimum Gasteiger partial charge on any atom is -0.0619 e. The van der Waals surface area contributed by atoms with Crippen LogP contribution in [0, 0.1) is 38.5 Å². The van der Waals surface area contributed by atoms with Gasteiger partial charge in [-0.2, -0.15) is 0 Å². The maximum atomic E-state index is 2.53. The average molecular weight is 1690 g/mol. The second kappa shape index (κ2) is 30.4. The first-order chi connectivity index (χ1) is 64.4. The summed E-state index contributed by atoms with van der Waals surface area (Å²) >= 11 is 0. The van der Waals surface area contributed by atoms with E-state index >= 15 is 0 Å². The Labute approximate surface area is 776 Å². The van der Waals surface area contributed by atoms with E-state index in [1.807, 2.05) is 0 Å². The van der Waals surface area contributed by atoms with Gasteiger partial charge in [-0.15, -0.1) is 0 Å². The minimum atomic E-state index is -0.0548. The molecule has 0 saturated heterocycles. The Bertz CT molecular complexity index is 8390. The van der Waals surface area contributed by atoms with Crippen LogP contribution in [0.25, 0.3) is 197 Å². The number of fused-ring (bicyclic) bond motifs is 17. The molecule has 0 aliphatic heterocycles. The summed E-state index contributed by atoms with van der Waals surface area (Å²) in [5.41, 5.74) is 40.7. The van der Waals surface area contributed by atoms with Crippen LogP contribution in [-0.4, -0.2) is 0 Å². The quantitative estimate of drug-likeness (QED) is 0.133. The lowest BCUT2D eigenvalue weighted by atomic mass is 9.47. The van der Waals surface area contributed by atoms with Crippen LogP contribution in [0.15, 0.2) is 388 Å². The van der Waals surface area contributed by atoms with Crippen LogP contribution in [-0.2, 0) is 21.7 Å². The van der Waals surface area contributed by atoms with Gasteiger partial charge in [0.1, 0.15) is 0 Å². The fraction of sp³-hybridized carbons (Fsp3) is 0.167. The van der Waals surface area contributed by atoms with Crippen LogP contribution in [0.3, 0.4) is 0 Å². The smallest absolute Gasteiger partial charge is 0.0159 e. The van der Waals surface area contributed by atoms with E-state index in [-0.39, 0.29) is 16.2 Å². The van der Waals surface area contributed by atoms with Crippen molar-refractivity contribution in [2.75, 3.05) is 0 Å². The van der Waals surface area contributed by atoms with Gasteiger partial charge < -0.3 is 0 Å². The van der Waals surface area contributed by atoms with Crippen molar-refractivity contribution in [3.63, 3.8) is 0 Å². The number of rotatable bonds is 8. The Balaban J connectivity index is 0.000000107. The monoisotopic (exact) mass is 1690 g/mol. The molecular formula is C132H106. The summed E-state index contributed by atoms with van der Waals surface area (Å²) in [6.07, 6.45) is 8.66. The summed E-state index contributed by atoms with van der Waals surface area (Å²) in [4.78, 5) is 0. The Hall–Kier alpha value is -14.3. The molecular weight excluding hydrogens is 1590 g/mol. The van der Waals surface area contributed by atoms with Crippen molar-refractivity contribution < 1.29 is 0 Å². The van der Waals surface area contributed by atoms with E-state index in [0.29, 0.717) is 5.41 Å². The highest BCUT2D eigenvalue weighted by Crippen LogP contribution is 2.64. The largest absolute Gasteiger partial charge is 0.0619 e. The summed E-state index contributed by atoms with van der Waals surface area (Å²) in [6.45, 7) is 21.0. The molecule has 7 aliphatic rings. The first-order valence-corrected chi connectivity index (χ1v) is 48.2. The average Bonchev–Trinajstić information content (AvgIpc) is 1.12. The summed E-state index contributed by atoms with van der Waals surface area (Å²) in [5.74, 6) is 2.81. The van der Waals surface area contributed by atoms with E-state index in [0.717, 1.165) is 17.8 Å². The Morgan fingerprint density at radius 2 is 0.477 bits per heavy atom. The highest BCUT2D eigenvalue weighted by molar-refractivity contribution is 6.25. The number of hydrogen-bond donors (Lipinski definition) is 0. The van der Waals surface area contributed by atoms with Crippen LogP contribution in [0.4, 0.5) is 0 Å². The van der Waals surface area contributed by atoms with E-state index in [4.69, 9.17) is 0 Å². The van der Waals surface area contributed by atoms with E-state index < -0.39 is 0 Å². The van der Waals surface area contributed by atoms with Gasteiger partial charge >= 0.3 is 0 Å². The molecule has 0 N–H and O–H groups in total. The molecule has 0 radical (unpaired) electrons. The molecule has 21 aromatic carbocycles. The van der Waals surface area contributed by atoms with E-state index in [1.54, 1.807) is 5.56 Å². The third kappa shape index (κ3) is 12.4. The van der Waals surface area contributed by atoms with Crippen molar-refractivity contribution in [1.82, 2.24) is 0 Å². The van der Waals surface area contributed by atoms with Crippen molar-refractivity contribution in [1.29, 1.82) is 0 Å². The minimum absolute atomic E-state index is 0.00258. The second-order valence-corrected chi connectivity index (χ2v) is 41.2. The van der Waals surface area contributed by atoms with Gasteiger partial charge in [0.15, 0.2) is 0 Å². The van der Waals surface area contributed by atoms with Gasteiger partial charge in [-0.05, 0) is 343 Å². The SMILES string of the molecule is Cc1ccc2c(-c3ccccc3-c3ccc4ccccc4c3)c3ccccc3c(-c3ccc4c(c3)C(C)(C)c3ccccc3-4)c2c1.Cc1ccc2c(-c3ccccc3-c3cccc4ccccc34)c3ccccc3c(-c3ccc4c(c3)C(C)(C)c3ccccc3-4)c2c1.Cc1ccc2c(C34CC5CC(CC(C5)C3)C4)c3ccccc3c(-c3ccc4c(c3)C(C)(C)c3ccccc3-4)c2c1. The molecule has 132 heavy (non-hydrogen) atoms. The topological polar surface area (TPSA) is 0 Å². The van der Waals surface area contributed by atoms with Gasteiger partial charge in [-0.1, -0.05) is 422 Å². The lowest BCUT2D eigenvalue weighted by molar-refractivity contribution is -0.00383. The molecule has 4 saturated carbocycles. The van der Waals surface area contributed by atoms with E-state index in [1.165, 1.54) is 286 Å². The normalized spacial score (nSPS) is 17.5. The predicted molar refractivity (Wildman–Crippen MR) is 564 cm³/mol. The lowest BCUT2D eigenvalue weighted by Gasteiger charge is -2.57. The number of benzene rings is 21. The standard InChI is InChI=1S/2C46H34.C40H38/c1-29-23-25-40-41(27-29)44(31-24-26-36-35-17-10-11-22-42(35)46(2,3)43(36)28-31)38-19-8-9-20-39(38)45(40)37-18-7-6-16-34(37)33-21-12-14-30-13-4-5-15-32(30)33;1-29-20-24-40-41(26-29)44(33-23-25-36-35-15-10-11-19-42(35)46(2,3)43(36)28-33)38-17-8-9-18-39(38)45(40)37-16-7-6-14-34(37)32-22-21-30-12-4-5-13-31(30)27-32;1-24-12-14-33-34(16-24)37(28-13-15-30-29-8-6-7-11-35(29)39(2,3)36(30)20-28)31-9-4-5-10-32(31)38(33)40-21-25-17-26(22-40)19-27(18-25)23-40/h2*4-28H,1-3H3;4-16,20,25-27H,17-19,21-23H2,1-3H3. The van der Waals surface area contributed by atoms with Gasteiger partial charge in [0, 0.05) is 16.2 Å². The third-order valence-corrected chi connectivity index (χ3v) is 32.3. The molecule has 0 aromatic heterocycles.